The zero-order valence-electron chi connectivity index (χ0n) is 10.8. The Labute approximate surface area is 113 Å². The third kappa shape index (κ3) is 3.90. The van der Waals surface area contributed by atoms with Crippen molar-refractivity contribution in [3.05, 3.63) is 24.3 Å². The number of hydrogen-bond acceptors (Lipinski definition) is 4. The minimum absolute atomic E-state index is 0.313. The van der Waals surface area contributed by atoms with E-state index in [-0.39, 0.29) is 0 Å². The van der Waals surface area contributed by atoms with Crippen molar-refractivity contribution in [2.24, 2.45) is 5.92 Å². The number of hydrogen-bond donors (Lipinski definition) is 1. The molecule has 1 aliphatic rings. The molecule has 1 aromatic rings. The van der Waals surface area contributed by atoms with Crippen molar-refractivity contribution in [2.75, 3.05) is 39.1 Å². The molecule has 0 aliphatic carbocycles. The zero-order valence-corrected chi connectivity index (χ0v) is 11.7. The molecule has 0 amide bonds. The van der Waals surface area contributed by atoms with Crippen LogP contribution in [0.1, 0.15) is 6.42 Å². The number of thioether (sulfide) groups is 1. The first kappa shape index (κ1) is 13.7. The van der Waals surface area contributed by atoms with Crippen LogP contribution in [0.25, 0.3) is 0 Å². The van der Waals surface area contributed by atoms with Crippen molar-refractivity contribution >= 4 is 11.8 Å². The highest BCUT2D eigenvalue weighted by atomic mass is 32.2. The van der Waals surface area contributed by atoms with Crippen LogP contribution < -0.4 is 4.74 Å². The minimum Gasteiger partial charge on any atom is -0.492 e. The van der Waals surface area contributed by atoms with Gasteiger partial charge in [0.15, 0.2) is 0 Å². The normalized spacial score (nSPS) is 20.2. The van der Waals surface area contributed by atoms with E-state index in [1.165, 1.54) is 4.90 Å². The van der Waals surface area contributed by atoms with Gasteiger partial charge in [-0.05, 0) is 49.4 Å². The van der Waals surface area contributed by atoms with Crippen LogP contribution in [0.5, 0.6) is 5.75 Å². The van der Waals surface area contributed by atoms with Gasteiger partial charge in [-0.2, -0.15) is 0 Å². The van der Waals surface area contributed by atoms with Crippen molar-refractivity contribution < 1.29 is 9.84 Å². The number of rotatable bonds is 6. The van der Waals surface area contributed by atoms with Gasteiger partial charge in [0.25, 0.3) is 0 Å². The highest BCUT2D eigenvalue weighted by Gasteiger charge is 2.20. The molecule has 0 bridgehead atoms. The van der Waals surface area contributed by atoms with E-state index < -0.39 is 0 Å². The molecule has 1 N–H and O–H groups in total. The topological polar surface area (TPSA) is 32.7 Å². The van der Waals surface area contributed by atoms with E-state index in [1.807, 2.05) is 12.1 Å². The molecule has 4 heteroatoms. The van der Waals surface area contributed by atoms with E-state index in [4.69, 9.17) is 9.84 Å². The summed E-state index contributed by atoms with van der Waals surface area (Å²) >= 11 is 1.74. The third-order valence-corrected chi connectivity index (χ3v) is 4.11. The standard InChI is InChI=1S/C14H21NO2S/c1-18-14-4-2-13(3-5-14)17-9-8-15-7-6-12(10-15)11-16/h2-5,12,16H,6-11H2,1H3. The summed E-state index contributed by atoms with van der Waals surface area (Å²) in [5, 5.41) is 9.08. The Kier molecular flexibility index (Phi) is 5.35. The molecular formula is C14H21NO2S. The van der Waals surface area contributed by atoms with Crippen molar-refractivity contribution in [2.45, 2.75) is 11.3 Å². The van der Waals surface area contributed by atoms with Crippen LogP contribution >= 0.6 is 11.8 Å². The first-order valence-corrected chi connectivity index (χ1v) is 7.64. The van der Waals surface area contributed by atoms with Crippen LogP contribution in [0, 0.1) is 5.92 Å². The van der Waals surface area contributed by atoms with Gasteiger partial charge in [-0.3, -0.25) is 4.90 Å². The Morgan fingerprint density at radius 2 is 2.17 bits per heavy atom. The van der Waals surface area contributed by atoms with Crippen LogP contribution in [0.4, 0.5) is 0 Å². The van der Waals surface area contributed by atoms with E-state index in [0.29, 0.717) is 12.5 Å². The summed E-state index contributed by atoms with van der Waals surface area (Å²) in [7, 11) is 0. The van der Waals surface area contributed by atoms with Crippen molar-refractivity contribution in [1.29, 1.82) is 0 Å². The van der Waals surface area contributed by atoms with E-state index in [1.54, 1.807) is 11.8 Å². The number of ether oxygens (including phenoxy) is 1. The molecule has 0 spiro atoms. The molecule has 1 saturated heterocycles. The van der Waals surface area contributed by atoms with E-state index in [0.717, 1.165) is 38.4 Å². The van der Waals surface area contributed by atoms with Gasteiger partial charge >= 0.3 is 0 Å². The number of aliphatic hydroxyl groups is 1. The second-order valence-electron chi connectivity index (χ2n) is 4.66. The third-order valence-electron chi connectivity index (χ3n) is 3.36. The molecule has 1 aliphatic heterocycles. The molecule has 100 valence electrons. The van der Waals surface area contributed by atoms with Crippen LogP contribution in [-0.4, -0.2) is 49.1 Å². The molecule has 18 heavy (non-hydrogen) atoms. The fourth-order valence-corrected chi connectivity index (χ4v) is 2.64. The van der Waals surface area contributed by atoms with Gasteiger partial charge in [0.2, 0.25) is 0 Å². The maximum atomic E-state index is 9.08. The van der Waals surface area contributed by atoms with Gasteiger partial charge in [-0.1, -0.05) is 0 Å². The summed E-state index contributed by atoms with van der Waals surface area (Å²) in [6.07, 6.45) is 3.18. The number of likely N-dealkylation sites (tertiary alicyclic amines) is 1. The lowest BCUT2D eigenvalue weighted by Gasteiger charge is -2.15. The largest absolute Gasteiger partial charge is 0.492 e. The summed E-state index contributed by atoms with van der Waals surface area (Å²) in [5.74, 6) is 1.40. The van der Waals surface area contributed by atoms with E-state index in [9.17, 15) is 0 Å². The Morgan fingerprint density at radius 1 is 1.39 bits per heavy atom. The molecule has 1 aromatic carbocycles. The SMILES string of the molecule is CSc1ccc(OCCN2CCC(CO)C2)cc1. The zero-order chi connectivity index (χ0) is 12.8. The monoisotopic (exact) mass is 267 g/mol. The van der Waals surface area contributed by atoms with Crippen LogP contribution in [0.15, 0.2) is 29.2 Å². The Hall–Kier alpha value is -0.710. The fraction of sp³-hybridized carbons (Fsp3) is 0.571. The van der Waals surface area contributed by atoms with Crippen molar-refractivity contribution in [3.63, 3.8) is 0 Å². The van der Waals surface area contributed by atoms with Gasteiger partial charge in [0, 0.05) is 24.6 Å². The maximum Gasteiger partial charge on any atom is 0.119 e. The summed E-state index contributed by atoms with van der Waals surface area (Å²) in [6.45, 7) is 4.07. The second-order valence-corrected chi connectivity index (χ2v) is 5.54. The van der Waals surface area contributed by atoms with Gasteiger partial charge in [-0.15, -0.1) is 11.8 Å². The quantitative estimate of drug-likeness (QED) is 0.800. The lowest BCUT2D eigenvalue weighted by atomic mass is 10.1. The van der Waals surface area contributed by atoms with Gasteiger partial charge in [0.1, 0.15) is 12.4 Å². The molecule has 1 unspecified atom stereocenters. The Morgan fingerprint density at radius 3 is 2.78 bits per heavy atom. The van der Waals surface area contributed by atoms with Gasteiger partial charge in [0.05, 0.1) is 0 Å². The first-order valence-electron chi connectivity index (χ1n) is 6.42. The maximum absolute atomic E-state index is 9.08. The van der Waals surface area contributed by atoms with Crippen LogP contribution in [-0.2, 0) is 0 Å². The van der Waals surface area contributed by atoms with Crippen LogP contribution in [0.2, 0.25) is 0 Å². The average molecular weight is 267 g/mol. The molecule has 0 aromatic heterocycles. The Bertz CT molecular complexity index is 355. The minimum atomic E-state index is 0.313. The molecule has 0 radical (unpaired) electrons. The van der Waals surface area contributed by atoms with E-state index in [2.05, 4.69) is 23.3 Å². The summed E-state index contributed by atoms with van der Waals surface area (Å²) in [5.41, 5.74) is 0. The summed E-state index contributed by atoms with van der Waals surface area (Å²) in [4.78, 5) is 3.62. The Balaban J connectivity index is 1.68. The molecule has 1 heterocycles. The predicted molar refractivity (Wildman–Crippen MR) is 75.4 cm³/mol. The molecular weight excluding hydrogens is 246 g/mol. The second kappa shape index (κ2) is 7.02. The van der Waals surface area contributed by atoms with E-state index >= 15 is 0 Å². The molecule has 1 fully saturated rings. The molecule has 3 nitrogen and oxygen atoms in total. The smallest absolute Gasteiger partial charge is 0.119 e. The predicted octanol–water partition coefficient (Wildman–Crippen LogP) is 2.10. The highest BCUT2D eigenvalue weighted by Crippen LogP contribution is 2.19. The summed E-state index contributed by atoms with van der Waals surface area (Å²) in [6, 6.07) is 8.20. The fourth-order valence-electron chi connectivity index (χ4n) is 2.23. The molecule has 2 rings (SSSR count). The van der Waals surface area contributed by atoms with Gasteiger partial charge < -0.3 is 9.84 Å². The molecule has 1 atom stereocenters. The molecule has 0 saturated carbocycles. The summed E-state index contributed by atoms with van der Waals surface area (Å²) < 4.78 is 5.72. The van der Waals surface area contributed by atoms with Crippen molar-refractivity contribution in [3.8, 4) is 5.75 Å². The average Bonchev–Trinajstić information content (AvgIpc) is 2.87. The lowest BCUT2D eigenvalue weighted by molar-refractivity contribution is 0.204. The van der Waals surface area contributed by atoms with Gasteiger partial charge in [-0.25, -0.2) is 0 Å². The highest BCUT2D eigenvalue weighted by molar-refractivity contribution is 7.98. The van der Waals surface area contributed by atoms with Crippen molar-refractivity contribution in [1.82, 2.24) is 4.90 Å². The number of aliphatic hydroxyl groups excluding tert-OH is 1. The number of nitrogens with zero attached hydrogens (tertiary/aromatic N) is 1. The lowest BCUT2D eigenvalue weighted by Crippen LogP contribution is -2.26. The van der Waals surface area contributed by atoms with Crippen LogP contribution in [0.3, 0.4) is 0 Å². The number of benzene rings is 1. The first-order chi connectivity index (χ1) is 8.81.